The second-order valence-corrected chi connectivity index (χ2v) is 8.22. The maximum atomic E-state index is 14.5. The van der Waals surface area contributed by atoms with E-state index < -0.39 is 11.9 Å². The first kappa shape index (κ1) is 26.7. The Labute approximate surface area is 208 Å². The highest BCUT2D eigenvalue weighted by atomic mass is 19.1. The highest BCUT2D eigenvalue weighted by Crippen LogP contribution is 2.22. The fourth-order valence-corrected chi connectivity index (χ4v) is 3.58. The molecule has 2 aromatic rings. The van der Waals surface area contributed by atoms with E-state index in [-0.39, 0.29) is 11.9 Å². The molecule has 4 N–H and O–H groups in total. The van der Waals surface area contributed by atoms with E-state index >= 15 is 0 Å². The molecule has 36 heavy (non-hydrogen) atoms. The molecule has 0 radical (unpaired) electrons. The number of nitrogens with zero attached hydrogens (tertiary/aromatic N) is 1. The SMILES string of the molecule is Fc1cc(OCC2CCCCO2)ccc1Cc1ccc(NC2=NCCN2)cc1.O=C(O)C=CC(=O)O. The number of benzene rings is 2. The van der Waals surface area contributed by atoms with E-state index in [1.54, 1.807) is 6.07 Å². The molecule has 2 aliphatic rings. The van der Waals surface area contributed by atoms with Crippen LogP contribution < -0.4 is 15.4 Å². The molecule has 1 fully saturated rings. The summed E-state index contributed by atoms with van der Waals surface area (Å²) < 4.78 is 25.9. The molecule has 1 saturated heterocycles. The van der Waals surface area contributed by atoms with Crippen molar-refractivity contribution in [3.05, 3.63) is 71.6 Å². The molecule has 1 unspecified atom stereocenters. The monoisotopic (exact) mass is 499 g/mol. The number of rotatable bonds is 8. The molecule has 0 bridgehead atoms. The number of guanidine groups is 1. The number of hydrogen-bond donors (Lipinski definition) is 4. The summed E-state index contributed by atoms with van der Waals surface area (Å²) >= 11 is 0. The van der Waals surface area contributed by atoms with Crippen molar-refractivity contribution in [3.8, 4) is 5.75 Å². The number of nitrogens with one attached hydrogen (secondary N) is 2. The highest BCUT2D eigenvalue weighted by molar-refractivity contribution is 5.94. The molecule has 2 aliphatic heterocycles. The van der Waals surface area contributed by atoms with Crippen LogP contribution in [0.4, 0.5) is 10.1 Å². The van der Waals surface area contributed by atoms with Crippen LogP contribution in [0.2, 0.25) is 0 Å². The first-order chi connectivity index (χ1) is 17.4. The van der Waals surface area contributed by atoms with Crippen LogP contribution in [0.15, 0.2) is 59.6 Å². The minimum Gasteiger partial charge on any atom is -0.491 e. The standard InChI is InChI=1S/C22H26FN3O2.C4H4O4/c23-21-14-19(28-15-20-3-1-2-12-27-20)9-6-17(21)13-16-4-7-18(8-5-16)26-22-24-10-11-25-22;5-3(6)1-2-4(7)8/h4-9,14,20H,1-3,10-13,15H2,(H2,24,25,26);1-2H,(H,5,6)(H,7,8). The number of anilines is 1. The van der Waals surface area contributed by atoms with Gasteiger partial charge in [0.25, 0.3) is 0 Å². The van der Waals surface area contributed by atoms with Crippen LogP contribution in [-0.4, -0.2) is 60.5 Å². The van der Waals surface area contributed by atoms with Crippen molar-refractivity contribution in [1.29, 1.82) is 0 Å². The lowest BCUT2D eigenvalue weighted by Crippen LogP contribution is -2.26. The number of aliphatic imine (C=N–C) groups is 1. The molecular formula is C26H30FN3O6. The van der Waals surface area contributed by atoms with Crippen molar-refractivity contribution in [3.63, 3.8) is 0 Å². The highest BCUT2D eigenvalue weighted by Gasteiger charge is 2.15. The van der Waals surface area contributed by atoms with Gasteiger partial charge in [-0.3, -0.25) is 4.99 Å². The Morgan fingerprint density at radius 1 is 1.14 bits per heavy atom. The van der Waals surface area contributed by atoms with Crippen LogP contribution in [0.25, 0.3) is 0 Å². The van der Waals surface area contributed by atoms with E-state index in [0.717, 1.165) is 49.7 Å². The summed E-state index contributed by atoms with van der Waals surface area (Å²) in [6.45, 7) is 2.94. The van der Waals surface area contributed by atoms with Crippen molar-refractivity contribution in [2.45, 2.75) is 31.8 Å². The molecule has 2 aromatic carbocycles. The van der Waals surface area contributed by atoms with Gasteiger partial charge < -0.3 is 30.3 Å². The Morgan fingerprint density at radius 3 is 2.47 bits per heavy atom. The average Bonchev–Trinajstić information content (AvgIpc) is 3.38. The van der Waals surface area contributed by atoms with E-state index in [1.807, 2.05) is 30.3 Å². The van der Waals surface area contributed by atoms with Crippen LogP contribution in [0.5, 0.6) is 5.75 Å². The fraction of sp³-hybridized carbons (Fsp3) is 0.346. The number of carboxylic acid groups (broad SMARTS) is 2. The lowest BCUT2D eigenvalue weighted by Gasteiger charge is -2.22. The lowest BCUT2D eigenvalue weighted by molar-refractivity contribution is -0.134. The van der Waals surface area contributed by atoms with Gasteiger partial charge in [0.15, 0.2) is 5.96 Å². The second kappa shape index (κ2) is 13.8. The lowest BCUT2D eigenvalue weighted by atomic mass is 10.0. The van der Waals surface area contributed by atoms with Gasteiger partial charge in [-0.05, 0) is 48.6 Å². The quantitative estimate of drug-likeness (QED) is 0.407. The summed E-state index contributed by atoms with van der Waals surface area (Å²) in [4.78, 5) is 23.4. The predicted octanol–water partition coefficient (Wildman–Crippen LogP) is 3.45. The second-order valence-electron chi connectivity index (χ2n) is 8.22. The van der Waals surface area contributed by atoms with Crippen molar-refractivity contribution >= 4 is 23.6 Å². The third-order valence-corrected chi connectivity index (χ3v) is 5.39. The number of carbonyl (C=O) groups is 2. The fourth-order valence-electron chi connectivity index (χ4n) is 3.58. The third-order valence-electron chi connectivity index (χ3n) is 5.39. The largest absolute Gasteiger partial charge is 0.491 e. The van der Waals surface area contributed by atoms with Crippen LogP contribution in [0.1, 0.15) is 30.4 Å². The van der Waals surface area contributed by atoms with Gasteiger partial charge in [-0.25, -0.2) is 14.0 Å². The summed E-state index contributed by atoms with van der Waals surface area (Å²) in [6, 6.07) is 13.1. The Kier molecular flexibility index (Phi) is 10.3. The van der Waals surface area contributed by atoms with Gasteiger partial charge in [-0.15, -0.1) is 0 Å². The van der Waals surface area contributed by atoms with Crippen molar-refractivity contribution < 1.29 is 33.7 Å². The summed E-state index contributed by atoms with van der Waals surface area (Å²) in [7, 11) is 0. The normalized spacial score (nSPS) is 16.9. The van der Waals surface area contributed by atoms with E-state index in [1.165, 1.54) is 12.5 Å². The molecule has 0 aromatic heterocycles. The van der Waals surface area contributed by atoms with E-state index in [9.17, 15) is 14.0 Å². The van der Waals surface area contributed by atoms with E-state index in [2.05, 4.69) is 15.6 Å². The molecule has 0 aliphatic carbocycles. The zero-order valence-electron chi connectivity index (χ0n) is 19.8. The van der Waals surface area contributed by atoms with Crippen molar-refractivity contribution in [1.82, 2.24) is 5.32 Å². The minimum absolute atomic E-state index is 0.119. The molecule has 0 amide bonds. The number of aliphatic carboxylic acids is 2. The molecule has 2 heterocycles. The molecule has 0 saturated carbocycles. The average molecular weight is 500 g/mol. The molecule has 1 atom stereocenters. The smallest absolute Gasteiger partial charge is 0.328 e. The first-order valence-corrected chi connectivity index (χ1v) is 11.7. The molecule has 192 valence electrons. The zero-order chi connectivity index (χ0) is 25.8. The summed E-state index contributed by atoms with van der Waals surface area (Å²) in [5.41, 5.74) is 2.67. The van der Waals surface area contributed by atoms with Gasteiger partial charge in [0.2, 0.25) is 0 Å². The van der Waals surface area contributed by atoms with Gasteiger partial charge in [0.05, 0.1) is 12.6 Å². The van der Waals surface area contributed by atoms with Crippen molar-refractivity contribution in [2.75, 3.05) is 31.6 Å². The van der Waals surface area contributed by atoms with E-state index in [4.69, 9.17) is 19.7 Å². The topological polar surface area (TPSA) is 129 Å². The van der Waals surface area contributed by atoms with Crippen LogP contribution in [-0.2, 0) is 20.7 Å². The number of ether oxygens (including phenoxy) is 2. The molecule has 10 heteroatoms. The Morgan fingerprint density at radius 2 is 1.89 bits per heavy atom. The summed E-state index contributed by atoms with van der Waals surface area (Å²) in [6.07, 6.45) is 5.06. The van der Waals surface area contributed by atoms with Crippen molar-refractivity contribution in [2.24, 2.45) is 4.99 Å². The maximum absolute atomic E-state index is 14.5. The first-order valence-electron chi connectivity index (χ1n) is 11.7. The van der Waals surface area contributed by atoms with Crippen LogP contribution in [0, 0.1) is 5.82 Å². The number of hydrogen-bond acceptors (Lipinski definition) is 7. The maximum Gasteiger partial charge on any atom is 0.328 e. The Balaban J connectivity index is 0.000000392. The predicted molar refractivity (Wildman–Crippen MR) is 133 cm³/mol. The Bertz CT molecular complexity index is 1070. The zero-order valence-corrected chi connectivity index (χ0v) is 19.8. The summed E-state index contributed by atoms with van der Waals surface area (Å²) in [5.74, 6) is -1.40. The van der Waals surface area contributed by atoms with Gasteiger partial charge in [0, 0.05) is 43.5 Å². The summed E-state index contributed by atoms with van der Waals surface area (Å²) in [5, 5.41) is 22.0. The third kappa shape index (κ3) is 9.38. The van der Waals surface area contributed by atoms with Crippen LogP contribution >= 0.6 is 0 Å². The molecule has 4 rings (SSSR count). The number of carboxylic acids is 2. The minimum atomic E-state index is -1.26. The van der Waals surface area contributed by atoms with Gasteiger partial charge in [-0.1, -0.05) is 18.2 Å². The molecular weight excluding hydrogens is 469 g/mol. The van der Waals surface area contributed by atoms with E-state index in [0.29, 0.717) is 36.5 Å². The van der Waals surface area contributed by atoms with Gasteiger partial charge in [0.1, 0.15) is 18.2 Å². The van der Waals surface area contributed by atoms with Gasteiger partial charge >= 0.3 is 11.9 Å². The number of halogens is 1. The van der Waals surface area contributed by atoms with Crippen LogP contribution in [0.3, 0.4) is 0 Å². The molecule has 9 nitrogen and oxygen atoms in total. The molecule has 0 spiro atoms. The Hall–Kier alpha value is -3.92. The van der Waals surface area contributed by atoms with Gasteiger partial charge in [-0.2, -0.15) is 0 Å².